The second kappa shape index (κ2) is 3.80. The maximum absolute atomic E-state index is 10.6. The highest BCUT2D eigenvalue weighted by Gasteiger charge is 2.28. The lowest BCUT2D eigenvalue weighted by Gasteiger charge is -2.12. The molecule has 0 heterocycles. The smallest absolute Gasteiger partial charge is 0.176 e. The monoisotopic (exact) mass is 179 g/mol. The Morgan fingerprint density at radius 2 is 2.20 bits per heavy atom. The van der Waals surface area contributed by atoms with Crippen molar-refractivity contribution in [3.05, 3.63) is 0 Å². The van der Waals surface area contributed by atoms with Gasteiger partial charge in [0.15, 0.2) is 10.1 Å². The highest BCUT2D eigenvalue weighted by atomic mass is 35.5. The van der Waals surface area contributed by atoms with E-state index in [0.717, 1.165) is 0 Å². The zero-order chi connectivity index (χ0) is 8.20. The summed E-state index contributed by atoms with van der Waals surface area (Å²) in [6.45, 7) is 1.30. The molecule has 4 heteroatoms. The Morgan fingerprint density at radius 3 is 2.50 bits per heavy atom. The van der Waals surface area contributed by atoms with Crippen molar-refractivity contribution in [1.29, 1.82) is 5.26 Å². The molecule has 0 spiro atoms. The van der Waals surface area contributed by atoms with E-state index in [1.165, 1.54) is 6.92 Å². The molecule has 2 nitrogen and oxygen atoms in total. The fraction of sp³-hybridized carbons (Fsp3) is 0.667. The van der Waals surface area contributed by atoms with E-state index >= 15 is 0 Å². The summed E-state index contributed by atoms with van der Waals surface area (Å²) in [6.07, 6.45) is 0.397. The van der Waals surface area contributed by atoms with Gasteiger partial charge >= 0.3 is 0 Å². The van der Waals surface area contributed by atoms with Crippen molar-refractivity contribution < 1.29 is 4.79 Å². The Morgan fingerprint density at radius 1 is 1.70 bits per heavy atom. The van der Waals surface area contributed by atoms with E-state index in [4.69, 9.17) is 28.5 Å². The molecule has 0 unspecified atom stereocenters. The summed E-state index contributed by atoms with van der Waals surface area (Å²) in [6, 6.07) is 1.86. The van der Waals surface area contributed by atoms with Crippen LogP contribution in [0.1, 0.15) is 19.8 Å². The van der Waals surface area contributed by atoms with E-state index in [9.17, 15) is 4.79 Å². The van der Waals surface area contributed by atoms with Crippen molar-refractivity contribution in [3.63, 3.8) is 0 Å². The third-order valence-corrected chi connectivity index (χ3v) is 1.98. The number of carbonyl (C=O) groups is 1. The number of hydrogen-bond acceptors (Lipinski definition) is 2. The van der Waals surface area contributed by atoms with Crippen LogP contribution >= 0.6 is 23.2 Å². The van der Waals surface area contributed by atoms with Gasteiger partial charge < -0.3 is 0 Å². The van der Waals surface area contributed by atoms with Crippen LogP contribution in [0.4, 0.5) is 0 Å². The molecule has 0 aromatic heterocycles. The van der Waals surface area contributed by atoms with Crippen LogP contribution in [-0.2, 0) is 4.79 Å². The molecule has 0 amide bonds. The number of hydrogen-bond donors (Lipinski definition) is 0. The van der Waals surface area contributed by atoms with Crippen LogP contribution in [0.2, 0.25) is 0 Å². The molecule has 0 saturated heterocycles. The topological polar surface area (TPSA) is 40.9 Å². The molecule has 0 N–H and O–H groups in total. The Bertz CT molecular complexity index is 171. The van der Waals surface area contributed by atoms with Crippen molar-refractivity contribution in [2.75, 3.05) is 0 Å². The van der Waals surface area contributed by atoms with Crippen LogP contribution in [0.25, 0.3) is 0 Å². The van der Waals surface area contributed by atoms with E-state index < -0.39 is 4.33 Å². The van der Waals surface area contributed by atoms with Crippen LogP contribution in [0.15, 0.2) is 0 Å². The minimum atomic E-state index is -1.37. The average molecular weight is 180 g/mol. The fourth-order valence-electron chi connectivity index (χ4n) is 0.389. The predicted octanol–water partition coefficient (Wildman–Crippen LogP) is 2.05. The molecule has 0 aliphatic carbocycles. The number of nitrogens with zero attached hydrogens (tertiary/aromatic N) is 1. The Balaban J connectivity index is 3.90. The molecule has 0 fully saturated rings. The summed E-state index contributed by atoms with van der Waals surface area (Å²) in [5.74, 6) is -0.314. The van der Waals surface area contributed by atoms with Crippen molar-refractivity contribution in [2.45, 2.75) is 24.1 Å². The second-order valence-electron chi connectivity index (χ2n) is 1.92. The molecule has 0 aliphatic rings. The van der Waals surface area contributed by atoms with Gasteiger partial charge in [0.25, 0.3) is 0 Å². The number of rotatable bonds is 3. The molecule has 0 bridgehead atoms. The average Bonchev–Trinajstić information content (AvgIpc) is 1.84. The molecule has 0 aromatic rings. The Hall–Kier alpha value is -0.260. The van der Waals surface area contributed by atoms with Gasteiger partial charge in [-0.05, 0) is 6.92 Å². The van der Waals surface area contributed by atoms with Gasteiger partial charge in [0.1, 0.15) is 0 Å². The first-order valence-corrected chi connectivity index (χ1v) is 3.52. The van der Waals surface area contributed by atoms with E-state index in [-0.39, 0.29) is 18.6 Å². The summed E-state index contributed by atoms with van der Waals surface area (Å²) >= 11 is 11.0. The normalized spacial score (nSPS) is 10.6. The number of alkyl halides is 2. The summed E-state index contributed by atoms with van der Waals surface area (Å²) in [4.78, 5) is 10.6. The molecule has 56 valence electrons. The SMILES string of the molecule is CC(=O)C(Cl)(Cl)CCC#N. The first-order chi connectivity index (χ1) is 4.50. The predicted molar refractivity (Wildman–Crippen MR) is 40.0 cm³/mol. The molecule has 0 saturated carbocycles. The van der Waals surface area contributed by atoms with Gasteiger partial charge in [-0.1, -0.05) is 23.2 Å². The molecule has 0 rings (SSSR count). The van der Waals surface area contributed by atoms with E-state index in [2.05, 4.69) is 0 Å². The molecule has 10 heavy (non-hydrogen) atoms. The highest BCUT2D eigenvalue weighted by molar-refractivity contribution is 6.58. The summed E-state index contributed by atoms with van der Waals surface area (Å²) in [5, 5.41) is 8.13. The molecule has 0 aromatic carbocycles. The number of nitriles is 1. The molecule has 0 atom stereocenters. The second-order valence-corrected chi connectivity index (χ2v) is 3.40. The van der Waals surface area contributed by atoms with E-state index in [1.807, 2.05) is 6.07 Å². The fourth-order valence-corrected chi connectivity index (χ4v) is 0.578. The zero-order valence-corrected chi connectivity index (χ0v) is 7.04. The quantitative estimate of drug-likeness (QED) is 0.623. The van der Waals surface area contributed by atoms with Gasteiger partial charge in [-0.15, -0.1) is 0 Å². The van der Waals surface area contributed by atoms with E-state index in [1.54, 1.807) is 0 Å². The third kappa shape index (κ3) is 3.05. The largest absolute Gasteiger partial charge is 0.297 e. The van der Waals surface area contributed by atoms with Crippen molar-refractivity contribution in [1.82, 2.24) is 0 Å². The number of carbonyl (C=O) groups excluding carboxylic acids is 1. The highest BCUT2D eigenvalue weighted by Crippen LogP contribution is 2.27. The van der Waals surface area contributed by atoms with Gasteiger partial charge in [-0.2, -0.15) is 5.26 Å². The minimum absolute atomic E-state index is 0.196. The van der Waals surface area contributed by atoms with Gasteiger partial charge in [-0.25, -0.2) is 0 Å². The third-order valence-electron chi connectivity index (χ3n) is 1.07. The van der Waals surface area contributed by atoms with Crippen molar-refractivity contribution in [3.8, 4) is 6.07 Å². The van der Waals surface area contributed by atoms with Gasteiger partial charge in [0.2, 0.25) is 0 Å². The van der Waals surface area contributed by atoms with Gasteiger partial charge in [0.05, 0.1) is 6.07 Å². The zero-order valence-electron chi connectivity index (χ0n) is 5.53. The Labute approximate surface area is 69.7 Å². The van der Waals surface area contributed by atoms with Crippen LogP contribution in [-0.4, -0.2) is 10.1 Å². The number of ketones is 1. The first-order valence-electron chi connectivity index (χ1n) is 2.76. The van der Waals surface area contributed by atoms with Crippen LogP contribution in [0, 0.1) is 11.3 Å². The van der Waals surface area contributed by atoms with Crippen LogP contribution < -0.4 is 0 Å². The van der Waals surface area contributed by atoms with Crippen molar-refractivity contribution >= 4 is 29.0 Å². The molecule has 0 aliphatic heterocycles. The summed E-state index contributed by atoms with van der Waals surface area (Å²) < 4.78 is -1.37. The minimum Gasteiger partial charge on any atom is -0.297 e. The van der Waals surface area contributed by atoms with Gasteiger partial charge in [0, 0.05) is 12.8 Å². The summed E-state index contributed by atoms with van der Waals surface area (Å²) in [7, 11) is 0. The standard InChI is InChI=1S/C6H7Cl2NO/c1-5(10)6(7,8)3-2-4-9/h2-3H2,1H3. The lowest BCUT2D eigenvalue weighted by atomic mass is 10.2. The number of halogens is 2. The van der Waals surface area contributed by atoms with Crippen molar-refractivity contribution in [2.24, 2.45) is 0 Å². The van der Waals surface area contributed by atoms with Gasteiger partial charge in [-0.3, -0.25) is 4.79 Å². The summed E-state index contributed by atoms with van der Waals surface area (Å²) in [5.41, 5.74) is 0. The van der Waals surface area contributed by atoms with Crippen LogP contribution in [0.5, 0.6) is 0 Å². The van der Waals surface area contributed by atoms with E-state index in [0.29, 0.717) is 0 Å². The molecular weight excluding hydrogens is 173 g/mol. The molecular formula is C6H7Cl2NO. The first kappa shape index (κ1) is 9.74. The van der Waals surface area contributed by atoms with Crippen LogP contribution in [0.3, 0.4) is 0 Å². The lowest BCUT2D eigenvalue weighted by molar-refractivity contribution is -0.117. The number of Topliss-reactive ketones (excluding diaryl/α,β-unsaturated/α-hetero) is 1. The lowest BCUT2D eigenvalue weighted by Crippen LogP contribution is -2.22. The maximum Gasteiger partial charge on any atom is 0.176 e. The maximum atomic E-state index is 10.6. The molecule has 0 radical (unpaired) electrons. The Kier molecular flexibility index (Phi) is 3.70.